The van der Waals surface area contributed by atoms with Crippen molar-refractivity contribution in [3.8, 4) is 0 Å². The van der Waals surface area contributed by atoms with Crippen molar-refractivity contribution < 1.29 is 8.42 Å². The number of nitrogens with two attached hydrogens (primary N) is 1. The molecule has 3 N–H and O–H groups in total. The molecule has 102 valence electrons. The zero-order valence-electron chi connectivity index (χ0n) is 10.7. The van der Waals surface area contributed by atoms with Crippen LogP contribution in [0.25, 0.3) is 0 Å². The third-order valence-corrected chi connectivity index (χ3v) is 4.83. The monoisotopic (exact) mass is 290 g/mol. The molecule has 1 atom stereocenters. The number of nitrogens with zero attached hydrogens (tertiary/aromatic N) is 2. The Morgan fingerprint density at radius 2 is 2.22 bits per heavy atom. The van der Waals surface area contributed by atoms with E-state index >= 15 is 0 Å². The molecule has 0 aliphatic heterocycles. The van der Waals surface area contributed by atoms with Gasteiger partial charge in [0, 0.05) is 13.2 Å². The largest absolute Gasteiger partial charge is 0.392 e. The number of hydrogen-bond donors (Lipinski definition) is 2. The van der Waals surface area contributed by atoms with E-state index in [2.05, 4.69) is 9.82 Å². The molecule has 18 heavy (non-hydrogen) atoms. The lowest BCUT2D eigenvalue weighted by Gasteiger charge is -2.15. The third-order valence-electron chi connectivity index (χ3n) is 2.56. The van der Waals surface area contributed by atoms with Gasteiger partial charge in [-0.25, -0.2) is 8.42 Å². The topological polar surface area (TPSA) is 90.0 Å². The Morgan fingerprint density at radius 1 is 1.61 bits per heavy atom. The van der Waals surface area contributed by atoms with Crippen LogP contribution in [0.1, 0.15) is 26.0 Å². The average Bonchev–Trinajstić information content (AvgIpc) is 2.57. The number of rotatable bonds is 6. The highest BCUT2D eigenvalue weighted by Gasteiger charge is 2.27. The fourth-order valence-electron chi connectivity index (χ4n) is 1.68. The van der Waals surface area contributed by atoms with E-state index in [9.17, 15) is 8.42 Å². The second kappa shape index (κ2) is 5.66. The van der Waals surface area contributed by atoms with Crippen molar-refractivity contribution in [2.45, 2.75) is 31.9 Å². The predicted molar refractivity (Wildman–Crippen MR) is 76.0 cm³/mol. The minimum absolute atomic E-state index is 0.0214. The second-order valence-corrected chi connectivity index (χ2v) is 6.30. The molecule has 8 heteroatoms. The Morgan fingerprint density at radius 3 is 2.67 bits per heavy atom. The van der Waals surface area contributed by atoms with Crippen molar-refractivity contribution in [1.29, 1.82) is 0 Å². The smallest absolute Gasteiger partial charge is 0.242 e. The molecule has 1 aromatic heterocycles. The van der Waals surface area contributed by atoms with Crippen molar-refractivity contribution in [3.05, 3.63) is 11.9 Å². The van der Waals surface area contributed by atoms with Crippen molar-refractivity contribution in [1.82, 2.24) is 9.78 Å². The molecule has 1 unspecified atom stereocenters. The fraction of sp³-hybridized carbons (Fsp3) is 0.600. The SMILES string of the molecule is CCc1nn(C)cc1NS(=O)(=O)C(CC)C(N)=S. The lowest BCUT2D eigenvalue weighted by atomic mass is 10.3. The first-order valence-corrected chi connectivity index (χ1v) is 7.60. The van der Waals surface area contributed by atoms with Gasteiger partial charge in [-0.2, -0.15) is 5.10 Å². The van der Waals surface area contributed by atoms with Gasteiger partial charge in [0.15, 0.2) is 0 Å². The molecule has 0 amide bonds. The lowest BCUT2D eigenvalue weighted by Crippen LogP contribution is -2.37. The Hall–Kier alpha value is -1.15. The summed E-state index contributed by atoms with van der Waals surface area (Å²) in [7, 11) is -1.88. The maximum atomic E-state index is 12.1. The van der Waals surface area contributed by atoms with Crippen LogP contribution in [0.15, 0.2) is 6.20 Å². The summed E-state index contributed by atoms with van der Waals surface area (Å²) in [5.74, 6) is 0. The molecular formula is C10H18N4O2S2. The maximum Gasteiger partial charge on any atom is 0.242 e. The van der Waals surface area contributed by atoms with Gasteiger partial charge in [-0.05, 0) is 12.8 Å². The molecule has 1 rings (SSSR count). The molecule has 6 nitrogen and oxygen atoms in total. The number of aromatic nitrogens is 2. The average molecular weight is 290 g/mol. The Kier molecular flexibility index (Phi) is 4.69. The minimum Gasteiger partial charge on any atom is -0.392 e. The van der Waals surface area contributed by atoms with Crippen LogP contribution in [0.3, 0.4) is 0 Å². The Bertz CT molecular complexity index is 536. The minimum atomic E-state index is -3.61. The molecule has 0 fully saturated rings. The summed E-state index contributed by atoms with van der Waals surface area (Å²) in [6.45, 7) is 3.64. The number of aryl methyl sites for hydroxylation is 2. The van der Waals surface area contributed by atoms with Gasteiger partial charge in [-0.3, -0.25) is 9.40 Å². The van der Waals surface area contributed by atoms with Crippen molar-refractivity contribution in [2.75, 3.05) is 4.72 Å². The van der Waals surface area contributed by atoms with Gasteiger partial charge in [0.1, 0.15) is 5.25 Å². The quantitative estimate of drug-likeness (QED) is 0.756. The van der Waals surface area contributed by atoms with Gasteiger partial charge in [0.2, 0.25) is 10.0 Å². The van der Waals surface area contributed by atoms with E-state index in [1.54, 1.807) is 24.9 Å². The van der Waals surface area contributed by atoms with Crippen LogP contribution in [0.5, 0.6) is 0 Å². The third kappa shape index (κ3) is 3.20. The van der Waals surface area contributed by atoms with Gasteiger partial charge in [0.05, 0.1) is 16.4 Å². The summed E-state index contributed by atoms with van der Waals surface area (Å²) in [4.78, 5) is -0.0214. The van der Waals surface area contributed by atoms with Gasteiger partial charge >= 0.3 is 0 Å². The molecule has 0 bridgehead atoms. The van der Waals surface area contributed by atoms with Gasteiger partial charge in [-0.15, -0.1) is 0 Å². The first kappa shape index (κ1) is 14.9. The molecule has 0 spiro atoms. The highest BCUT2D eigenvalue weighted by molar-refractivity contribution is 7.95. The highest BCUT2D eigenvalue weighted by Crippen LogP contribution is 2.18. The molecule has 0 aliphatic rings. The number of sulfonamides is 1. The van der Waals surface area contributed by atoms with Crippen LogP contribution >= 0.6 is 12.2 Å². The van der Waals surface area contributed by atoms with Gasteiger partial charge in [0.25, 0.3) is 0 Å². The molecule has 1 aromatic rings. The van der Waals surface area contributed by atoms with E-state index < -0.39 is 15.3 Å². The second-order valence-electron chi connectivity index (χ2n) is 3.96. The number of nitrogens with one attached hydrogen (secondary N) is 1. The lowest BCUT2D eigenvalue weighted by molar-refractivity contribution is 0.594. The summed E-state index contributed by atoms with van der Waals surface area (Å²) < 4.78 is 28.3. The van der Waals surface area contributed by atoms with Crippen LogP contribution in [0.2, 0.25) is 0 Å². The van der Waals surface area contributed by atoms with Crippen LogP contribution in [0, 0.1) is 0 Å². The molecule has 1 heterocycles. The first-order chi connectivity index (χ1) is 8.31. The van der Waals surface area contributed by atoms with Crippen molar-refractivity contribution >= 4 is 32.9 Å². The van der Waals surface area contributed by atoms with E-state index in [0.29, 0.717) is 24.2 Å². The van der Waals surface area contributed by atoms with Crippen LogP contribution in [0.4, 0.5) is 5.69 Å². The van der Waals surface area contributed by atoms with Crippen molar-refractivity contribution in [3.63, 3.8) is 0 Å². The summed E-state index contributed by atoms with van der Waals surface area (Å²) >= 11 is 4.78. The van der Waals surface area contributed by atoms with E-state index in [0.717, 1.165) is 0 Å². The van der Waals surface area contributed by atoms with Crippen LogP contribution < -0.4 is 10.5 Å². The zero-order chi connectivity index (χ0) is 13.9. The fourth-order valence-corrected chi connectivity index (χ4v) is 3.59. The molecule has 0 saturated heterocycles. The molecule has 0 aliphatic carbocycles. The van der Waals surface area contributed by atoms with Crippen LogP contribution in [-0.4, -0.2) is 28.4 Å². The molecule has 0 saturated carbocycles. The Labute approximate surface area is 113 Å². The summed E-state index contributed by atoms with van der Waals surface area (Å²) in [5.41, 5.74) is 6.63. The van der Waals surface area contributed by atoms with Gasteiger partial charge in [-0.1, -0.05) is 26.1 Å². The number of thiocarbonyl (C=S) groups is 1. The van der Waals surface area contributed by atoms with E-state index in [1.807, 2.05) is 6.92 Å². The Balaban J connectivity index is 3.05. The zero-order valence-corrected chi connectivity index (χ0v) is 12.3. The normalized spacial score (nSPS) is 13.3. The molecule has 0 radical (unpaired) electrons. The summed E-state index contributed by atoms with van der Waals surface area (Å²) in [6.07, 6.45) is 2.61. The number of hydrogen-bond acceptors (Lipinski definition) is 4. The summed E-state index contributed by atoms with van der Waals surface area (Å²) in [6, 6.07) is 0. The predicted octanol–water partition coefficient (Wildman–Crippen LogP) is 0.789. The van der Waals surface area contributed by atoms with Gasteiger partial charge < -0.3 is 5.73 Å². The van der Waals surface area contributed by atoms with Crippen LogP contribution in [-0.2, 0) is 23.5 Å². The van der Waals surface area contributed by atoms with E-state index in [4.69, 9.17) is 18.0 Å². The molecule has 0 aromatic carbocycles. The molecular weight excluding hydrogens is 272 g/mol. The first-order valence-electron chi connectivity index (χ1n) is 5.65. The standard InChI is InChI=1S/C10H18N4O2S2/c1-4-7-8(6-14(3)12-7)13-18(15,16)9(5-2)10(11)17/h6,9,13H,4-5H2,1-3H3,(H2,11,17). The highest BCUT2D eigenvalue weighted by atomic mass is 32.2. The summed E-state index contributed by atoms with van der Waals surface area (Å²) in [5, 5.41) is 3.31. The maximum absolute atomic E-state index is 12.1. The van der Waals surface area contributed by atoms with E-state index in [-0.39, 0.29) is 4.99 Å². The number of anilines is 1. The van der Waals surface area contributed by atoms with Crippen molar-refractivity contribution in [2.24, 2.45) is 12.8 Å². The van der Waals surface area contributed by atoms with E-state index in [1.165, 1.54) is 0 Å².